The summed E-state index contributed by atoms with van der Waals surface area (Å²) >= 11 is 0. The summed E-state index contributed by atoms with van der Waals surface area (Å²) < 4.78 is 5.38. The lowest BCUT2D eigenvalue weighted by molar-refractivity contribution is 0.101. The van der Waals surface area contributed by atoms with E-state index < -0.39 is 0 Å². The molecule has 0 radical (unpaired) electrons. The van der Waals surface area contributed by atoms with E-state index in [2.05, 4.69) is 20.6 Å². The number of rotatable bonds is 7. The highest BCUT2D eigenvalue weighted by molar-refractivity contribution is 5.94. The van der Waals surface area contributed by atoms with Crippen molar-refractivity contribution in [2.24, 2.45) is 0 Å². The van der Waals surface area contributed by atoms with Gasteiger partial charge in [-0.1, -0.05) is 18.2 Å². The first-order chi connectivity index (χ1) is 13.0. The number of ether oxygens (including phenoxy) is 1. The summed E-state index contributed by atoms with van der Waals surface area (Å²) in [6.45, 7) is 4.05. The number of para-hydroxylation sites is 1. The van der Waals surface area contributed by atoms with E-state index in [0.29, 0.717) is 18.1 Å². The van der Waals surface area contributed by atoms with E-state index in [-0.39, 0.29) is 5.78 Å². The number of ketones is 1. The zero-order valence-corrected chi connectivity index (χ0v) is 15.6. The van der Waals surface area contributed by atoms with Gasteiger partial charge in [-0.2, -0.15) is 4.98 Å². The minimum atomic E-state index is 0.0381. The Morgan fingerprint density at radius 2 is 1.81 bits per heavy atom. The van der Waals surface area contributed by atoms with Gasteiger partial charge in [0.15, 0.2) is 5.78 Å². The average Bonchev–Trinajstić information content (AvgIpc) is 2.66. The second-order valence-corrected chi connectivity index (χ2v) is 6.14. The van der Waals surface area contributed by atoms with Crippen molar-refractivity contribution < 1.29 is 9.53 Å². The van der Waals surface area contributed by atoms with Crippen molar-refractivity contribution in [3.8, 4) is 5.75 Å². The Labute approximate surface area is 158 Å². The van der Waals surface area contributed by atoms with Crippen LogP contribution < -0.4 is 15.4 Å². The molecule has 0 saturated heterocycles. The van der Waals surface area contributed by atoms with Gasteiger partial charge in [0.2, 0.25) is 5.95 Å². The molecule has 3 aromatic rings. The van der Waals surface area contributed by atoms with Crippen molar-refractivity contribution in [1.82, 2.24) is 9.97 Å². The predicted molar refractivity (Wildman–Crippen MR) is 107 cm³/mol. The maximum Gasteiger partial charge on any atom is 0.229 e. The molecule has 0 aliphatic rings. The lowest BCUT2D eigenvalue weighted by Gasteiger charge is -2.12. The quantitative estimate of drug-likeness (QED) is 0.609. The van der Waals surface area contributed by atoms with Gasteiger partial charge in [0.1, 0.15) is 11.6 Å². The molecule has 1 heterocycles. The monoisotopic (exact) mass is 362 g/mol. The first kappa shape index (κ1) is 18.4. The van der Waals surface area contributed by atoms with Gasteiger partial charge >= 0.3 is 0 Å². The fourth-order valence-electron chi connectivity index (χ4n) is 2.67. The van der Waals surface area contributed by atoms with Gasteiger partial charge in [0, 0.05) is 35.1 Å². The van der Waals surface area contributed by atoms with Gasteiger partial charge in [-0.15, -0.1) is 0 Å². The number of nitrogens with zero attached hydrogens (tertiary/aromatic N) is 2. The third-order valence-electron chi connectivity index (χ3n) is 4.05. The van der Waals surface area contributed by atoms with Crippen LogP contribution in [0.25, 0.3) is 0 Å². The molecule has 2 N–H and O–H groups in total. The number of hydrogen-bond donors (Lipinski definition) is 2. The number of methoxy groups -OCH3 is 1. The molecule has 3 rings (SSSR count). The summed E-state index contributed by atoms with van der Waals surface area (Å²) in [5.74, 6) is 2.08. The molecule has 0 fully saturated rings. The number of nitrogens with one attached hydrogen (secondary N) is 2. The summed E-state index contributed by atoms with van der Waals surface area (Å²) in [7, 11) is 1.66. The number of aromatic nitrogens is 2. The molecule has 6 nitrogen and oxygen atoms in total. The Hall–Kier alpha value is -3.41. The highest BCUT2D eigenvalue weighted by Crippen LogP contribution is 2.20. The zero-order valence-electron chi connectivity index (χ0n) is 15.6. The normalized spacial score (nSPS) is 10.3. The molecule has 27 heavy (non-hydrogen) atoms. The van der Waals surface area contributed by atoms with Crippen LogP contribution in [0, 0.1) is 6.92 Å². The second-order valence-electron chi connectivity index (χ2n) is 6.14. The van der Waals surface area contributed by atoms with Crippen molar-refractivity contribution in [1.29, 1.82) is 0 Å². The Morgan fingerprint density at radius 1 is 1.07 bits per heavy atom. The van der Waals surface area contributed by atoms with Gasteiger partial charge < -0.3 is 15.4 Å². The minimum absolute atomic E-state index is 0.0381. The van der Waals surface area contributed by atoms with Gasteiger partial charge in [-0.25, -0.2) is 4.98 Å². The van der Waals surface area contributed by atoms with Crippen LogP contribution in [0.2, 0.25) is 0 Å². The van der Waals surface area contributed by atoms with E-state index in [0.717, 1.165) is 28.5 Å². The Bertz CT molecular complexity index is 939. The maximum atomic E-state index is 11.4. The summed E-state index contributed by atoms with van der Waals surface area (Å²) in [5, 5.41) is 6.48. The number of hydrogen-bond acceptors (Lipinski definition) is 6. The summed E-state index contributed by atoms with van der Waals surface area (Å²) in [6.07, 6.45) is 0. The predicted octanol–water partition coefficient (Wildman–Crippen LogP) is 4.35. The van der Waals surface area contributed by atoms with Crippen LogP contribution in [0.5, 0.6) is 5.75 Å². The van der Waals surface area contributed by atoms with Gasteiger partial charge in [0.05, 0.1) is 7.11 Å². The van der Waals surface area contributed by atoms with E-state index in [1.165, 1.54) is 0 Å². The second kappa shape index (κ2) is 8.31. The number of carbonyl (C=O) groups excluding carboxylic acids is 1. The maximum absolute atomic E-state index is 11.4. The van der Waals surface area contributed by atoms with E-state index in [4.69, 9.17) is 4.74 Å². The van der Waals surface area contributed by atoms with E-state index in [1.807, 2.05) is 49.4 Å². The van der Waals surface area contributed by atoms with Crippen molar-refractivity contribution in [2.45, 2.75) is 20.4 Å². The van der Waals surface area contributed by atoms with Crippen molar-refractivity contribution in [2.75, 3.05) is 17.7 Å². The van der Waals surface area contributed by atoms with Crippen LogP contribution in [-0.2, 0) is 6.54 Å². The van der Waals surface area contributed by atoms with Crippen molar-refractivity contribution >= 4 is 23.2 Å². The van der Waals surface area contributed by atoms with E-state index >= 15 is 0 Å². The lowest BCUT2D eigenvalue weighted by Crippen LogP contribution is -2.06. The van der Waals surface area contributed by atoms with Crippen LogP contribution in [0.1, 0.15) is 28.5 Å². The molecule has 0 bridgehead atoms. The lowest BCUT2D eigenvalue weighted by atomic mass is 10.1. The molecule has 138 valence electrons. The van der Waals surface area contributed by atoms with Crippen LogP contribution in [-0.4, -0.2) is 22.9 Å². The third kappa shape index (κ3) is 4.82. The SMILES string of the molecule is COc1ccccc1CNc1cc(C)nc(Nc2ccc(C(C)=O)cc2)n1. The smallest absolute Gasteiger partial charge is 0.229 e. The van der Waals surface area contributed by atoms with Crippen LogP contribution in [0.4, 0.5) is 17.5 Å². The summed E-state index contributed by atoms with van der Waals surface area (Å²) in [4.78, 5) is 20.3. The fourth-order valence-corrected chi connectivity index (χ4v) is 2.67. The Morgan fingerprint density at radius 3 is 2.52 bits per heavy atom. The number of carbonyl (C=O) groups is 1. The molecule has 1 aromatic heterocycles. The molecular formula is C21H22N4O2. The molecule has 0 amide bonds. The van der Waals surface area contributed by atoms with Gasteiger partial charge in [0.25, 0.3) is 0 Å². The van der Waals surface area contributed by atoms with Crippen LogP contribution in [0.3, 0.4) is 0 Å². The number of Topliss-reactive ketones (excluding diaryl/α,β-unsaturated/α-hetero) is 1. The zero-order chi connectivity index (χ0) is 19.2. The largest absolute Gasteiger partial charge is 0.496 e. The molecular weight excluding hydrogens is 340 g/mol. The first-order valence-electron chi connectivity index (χ1n) is 8.64. The van der Waals surface area contributed by atoms with Crippen molar-refractivity contribution in [3.05, 3.63) is 71.4 Å². The Balaban J connectivity index is 1.73. The first-order valence-corrected chi connectivity index (χ1v) is 8.64. The molecule has 2 aromatic carbocycles. The standard InChI is InChI=1S/C21H22N4O2/c1-14-12-20(22-13-17-6-4-5-7-19(17)27-3)25-21(23-14)24-18-10-8-16(9-11-18)15(2)26/h4-12H,13H2,1-3H3,(H2,22,23,24,25). The Kier molecular flexibility index (Phi) is 5.66. The van der Waals surface area contributed by atoms with Crippen LogP contribution >= 0.6 is 0 Å². The third-order valence-corrected chi connectivity index (χ3v) is 4.05. The van der Waals surface area contributed by atoms with E-state index in [1.54, 1.807) is 26.2 Å². The van der Waals surface area contributed by atoms with Crippen LogP contribution in [0.15, 0.2) is 54.6 Å². The molecule has 0 aliphatic carbocycles. The van der Waals surface area contributed by atoms with Gasteiger partial charge in [-0.3, -0.25) is 4.79 Å². The number of benzene rings is 2. The number of anilines is 3. The molecule has 0 aliphatic heterocycles. The minimum Gasteiger partial charge on any atom is -0.496 e. The highest BCUT2D eigenvalue weighted by atomic mass is 16.5. The molecule has 0 unspecified atom stereocenters. The van der Waals surface area contributed by atoms with Gasteiger partial charge in [-0.05, 0) is 44.2 Å². The topological polar surface area (TPSA) is 76.1 Å². The molecule has 0 spiro atoms. The molecule has 6 heteroatoms. The number of aryl methyl sites for hydroxylation is 1. The highest BCUT2D eigenvalue weighted by Gasteiger charge is 2.06. The molecule has 0 saturated carbocycles. The summed E-state index contributed by atoms with van der Waals surface area (Å²) in [6, 6.07) is 17.0. The molecule has 0 atom stereocenters. The average molecular weight is 362 g/mol. The fraction of sp³-hybridized carbons (Fsp3) is 0.190. The summed E-state index contributed by atoms with van der Waals surface area (Å²) in [5.41, 5.74) is 3.38. The van der Waals surface area contributed by atoms with Crippen molar-refractivity contribution in [3.63, 3.8) is 0 Å². The van der Waals surface area contributed by atoms with E-state index in [9.17, 15) is 4.79 Å².